The van der Waals surface area contributed by atoms with E-state index in [9.17, 15) is 4.79 Å². The Bertz CT molecular complexity index is 403. The number of hydrogen-bond donors (Lipinski definition) is 2. The van der Waals surface area contributed by atoms with E-state index >= 15 is 0 Å². The van der Waals surface area contributed by atoms with Gasteiger partial charge >= 0.3 is 0 Å². The van der Waals surface area contributed by atoms with E-state index in [2.05, 4.69) is 24.5 Å². The number of nitrogens with one attached hydrogen (secondary N) is 2. The van der Waals surface area contributed by atoms with E-state index in [4.69, 9.17) is 4.74 Å². The highest BCUT2D eigenvalue weighted by Crippen LogP contribution is 2.23. The summed E-state index contributed by atoms with van der Waals surface area (Å²) in [5.41, 5.74) is 0.831. The van der Waals surface area contributed by atoms with Crippen molar-refractivity contribution >= 4 is 11.6 Å². The molecule has 0 aliphatic heterocycles. The molecule has 0 aromatic heterocycles. The molecule has 4 nitrogen and oxygen atoms in total. The number of anilines is 1. The van der Waals surface area contributed by atoms with Gasteiger partial charge in [-0.15, -0.1) is 0 Å². The average Bonchev–Trinajstić information content (AvgIpc) is 2.44. The minimum atomic E-state index is -0.295. The van der Waals surface area contributed by atoms with Gasteiger partial charge in [0.1, 0.15) is 11.8 Å². The van der Waals surface area contributed by atoms with Crippen LogP contribution in [0.4, 0.5) is 5.69 Å². The Morgan fingerprint density at radius 1 is 1.26 bits per heavy atom. The van der Waals surface area contributed by atoms with Crippen LogP contribution in [0.3, 0.4) is 0 Å². The molecule has 0 fully saturated rings. The van der Waals surface area contributed by atoms with Gasteiger partial charge in [-0.1, -0.05) is 26.0 Å². The second kappa shape index (κ2) is 7.67. The first-order valence-corrected chi connectivity index (χ1v) is 6.82. The van der Waals surface area contributed by atoms with Crippen LogP contribution >= 0.6 is 0 Å². The van der Waals surface area contributed by atoms with Gasteiger partial charge in [0.05, 0.1) is 12.8 Å². The van der Waals surface area contributed by atoms with Gasteiger partial charge in [0.15, 0.2) is 0 Å². The van der Waals surface area contributed by atoms with Crippen LogP contribution in [-0.4, -0.2) is 25.1 Å². The van der Waals surface area contributed by atoms with Crippen LogP contribution in [0.1, 0.15) is 33.6 Å². The molecular weight excluding hydrogens is 240 g/mol. The first-order chi connectivity index (χ1) is 9.12. The Balaban J connectivity index is 2.63. The van der Waals surface area contributed by atoms with Crippen LogP contribution in [0.5, 0.6) is 5.75 Å². The fourth-order valence-corrected chi connectivity index (χ4v) is 1.88. The zero-order chi connectivity index (χ0) is 14.3. The molecule has 2 N–H and O–H groups in total. The molecular formula is C15H24N2O2. The van der Waals surface area contributed by atoms with Crippen molar-refractivity contribution in [2.45, 2.75) is 45.7 Å². The molecule has 0 bridgehead atoms. The summed E-state index contributed by atoms with van der Waals surface area (Å²) >= 11 is 0. The maximum absolute atomic E-state index is 12.1. The van der Waals surface area contributed by atoms with Crippen molar-refractivity contribution in [3.8, 4) is 5.75 Å². The van der Waals surface area contributed by atoms with Crippen LogP contribution < -0.4 is 15.4 Å². The fraction of sp³-hybridized carbons (Fsp3) is 0.533. The second-order valence-corrected chi connectivity index (χ2v) is 4.59. The maximum atomic E-state index is 12.1. The highest BCUT2D eigenvalue weighted by Gasteiger charge is 2.16. The third kappa shape index (κ3) is 4.47. The molecule has 0 spiro atoms. The molecule has 1 unspecified atom stereocenters. The fourth-order valence-electron chi connectivity index (χ4n) is 1.88. The summed E-state index contributed by atoms with van der Waals surface area (Å²) in [6.45, 7) is 6.00. The zero-order valence-corrected chi connectivity index (χ0v) is 12.2. The summed E-state index contributed by atoms with van der Waals surface area (Å²) in [7, 11) is 1.62. The molecule has 4 heteroatoms. The van der Waals surface area contributed by atoms with Crippen LogP contribution in [0.2, 0.25) is 0 Å². The summed E-state index contributed by atoms with van der Waals surface area (Å²) in [5.74, 6) is 0.754. The number of amides is 1. The standard InChI is InChI=1S/C15H24N2O2/c1-5-12(6-2)17-15(18)11(3)16-13-9-7-8-10-14(13)19-4/h7-12,16H,5-6H2,1-4H3,(H,17,18). The van der Waals surface area contributed by atoms with Crippen molar-refractivity contribution < 1.29 is 9.53 Å². The topological polar surface area (TPSA) is 50.4 Å². The van der Waals surface area contributed by atoms with Gasteiger partial charge in [-0.3, -0.25) is 4.79 Å². The van der Waals surface area contributed by atoms with E-state index in [1.807, 2.05) is 31.2 Å². The smallest absolute Gasteiger partial charge is 0.242 e. The van der Waals surface area contributed by atoms with Crippen LogP contribution in [-0.2, 0) is 4.79 Å². The van der Waals surface area contributed by atoms with E-state index < -0.39 is 0 Å². The Labute approximate surface area is 115 Å². The molecule has 1 aromatic rings. The molecule has 1 aromatic carbocycles. The summed E-state index contributed by atoms with van der Waals surface area (Å²) in [4.78, 5) is 12.1. The normalized spacial score (nSPS) is 12.1. The minimum absolute atomic E-state index is 0.0135. The van der Waals surface area contributed by atoms with E-state index in [1.165, 1.54) is 0 Å². The molecule has 106 valence electrons. The molecule has 0 heterocycles. The Hall–Kier alpha value is -1.71. The summed E-state index contributed by atoms with van der Waals surface area (Å²) in [5, 5.41) is 6.21. The molecule has 0 saturated heterocycles. The molecule has 0 aliphatic rings. The largest absolute Gasteiger partial charge is 0.495 e. The number of hydrogen-bond acceptors (Lipinski definition) is 3. The van der Waals surface area contributed by atoms with Crippen LogP contribution in [0.25, 0.3) is 0 Å². The molecule has 0 saturated carbocycles. The third-order valence-corrected chi connectivity index (χ3v) is 3.20. The summed E-state index contributed by atoms with van der Waals surface area (Å²) in [6.07, 6.45) is 1.90. The molecule has 0 radical (unpaired) electrons. The Kier molecular flexibility index (Phi) is 6.19. The zero-order valence-electron chi connectivity index (χ0n) is 12.2. The number of rotatable bonds is 7. The van der Waals surface area contributed by atoms with E-state index in [-0.39, 0.29) is 18.0 Å². The van der Waals surface area contributed by atoms with E-state index in [1.54, 1.807) is 7.11 Å². The van der Waals surface area contributed by atoms with Gasteiger partial charge in [-0.2, -0.15) is 0 Å². The van der Waals surface area contributed by atoms with Gasteiger partial charge in [-0.25, -0.2) is 0 Å². The lowest BCUT2D eigenvalue weighted by Gasteiger charge is -2.20. The summed E-state index contributed by atoms with van der Waals surface area (Å²) in [6, 6.07) is 7.54. The number of benzene rings is 1. The monoisotopic (exact) mass is 264 g/mol. The molecule has 1 atom stereocenters. The van der Waals surface area contributed by atoms with Crippen molar-refractivity contribution in [2.75, 3.05) is 12.4 Å². The minimum Gasteiger partial charge on any atom is -0.495 e. The number of carbonyl (C=O) groups is 1. The quantitative estimate of drug-likeness (QED) is 0.796. The highest BCUT2D eigenvalue weighted by molar-refractivity contribution is 5.84. The number of carbonyl (C=O) groups excluding carboxylic acids is 1. The number of para-hydroxylation sites is 2. The SMILES string of the molecule is CCC(CC)NC(=O)C(C)Nc1ccccc1OC. The Morgan fingerprint density at radius 3 is 2.47 bits per heavy atom. The van der Waals surface area contributed by atoms with Crippen molar-refractivity contribution in [1.29, 1.82) is 0 Å². The van der Waals surface area contributed by atoms with Crippen LogP contribution in [0.15, 0.2) is 24.3 Å². The van der Waals surface area contributed by atoms with Gasteiger partial charge in [0.25, 0.3) is 0 Å². The van der Waals surface area contributed by atoms with Crippen molar-refractivity contribution in [2.24, 2.45) is 0 Å². The number of ether oxygens (including phenoxy) is 1. The molecule has 19 heavy (non-hydrogen) atoms. The lowest BCUT2D eigenvalue weighted by Crippen LogP contribution is -2.42. The van der Waals surface area contributed by atoms with Gasteiger partial charge in [0, 0.05) is 6.04 Å². The molecule has 1 rings (SSSR count). The molecule has 1 amide bonds. The predicted octanol–water partition coefficient (Wildman–Crippen LogP) is 2.80. The van der Waals surface area contributed by atoms with E-state index in [0.717, 1.165) is 24.3 Å². The van der Waals surface area contributed by atoms with Gasteiger partial charge in [0.2, 0.25) is 5.91 Å². The highest BCUT2D eigenvalue weighted by atomic mass is 16.5. The first kappa shape index (κ1) is 15.3. The maximum Gasteiger partial charge on any atom is 0.242 e. The van der Waals surface area contributed by atoms with Gasteiger partial charge in [-0.05, 0) is 31.9 Å². The Morgan fingerprint density at radius 2 is 1.89 bits per heavy atom. The first-order valence-electron chi connectivity index (χ1n) is 6.82. The van der Waals surface area contributed by atoms with Crippen molar-refractivity contribution in [3.05, 3.63) is 24.3 Å². The van der Waals surface area contributed by atoms with Crippen LogP contribution in [0, 0.1) is 0 Å². The van der Waals surface area contributed by atoms with Crippen molar-refractivity contribution in [1.82, 2.24) is 5.32 Å². The lowest BCUT2D eigenvalue weighted by atomic mass is 10.1. The summed E-state index contributed by atoms with van der Waals surface area (Å²) < 4.78 is 5.26. The second-order valence-electron chi connectivity index (χ2n) is 4.59. The van der Waals surface area contributed by atoms with Crippen molar-refractivity contribution in [3.63, 3.8) is 0 Å². The number of methoxy groups -OCH3 is 1. The van der Waals surface area contributed by atoms with Gasteiger partial charge < -0.3 is 15.4 Å². The lowest BCUT2D eigenvalue weighted by molar-refractivity contribution is -0.122. The van der Waals surface area contributed by atoms with E-state index in [0.29, 0.717) is 0 Å². The average molecular weight is 264 g/mol. The molecule has 0 aliphatic carbocycles. The third-order valence-electron chi connectivity index (χ3n) is 3.20. The predicted molar refractivity (Wildman–Crippen MR) is 78.6 cm³/mol.